The van der Waals surface area contributed by atoms with Crippen LogP contribution in [0, 0.1) is 0 Å². The van der Waals surface area contributed by atoms with E-state index in [4.69, 9.17) is 31.2 Å². The van der Waals surface area contributed by atoms with E-state index in [0.717, 1.165) is 52.4 Å². The highest BCUT2D eigenvalue weighted by molar-refractivity contribution is 7.80. The molecule has 0 unspecified atom stereocenters. The van der Waals surface area contributed by atoms with E-state index in [1.165, 1.54) is 0 Å². The van der Waals surface area contributed by atoms with E-state index in [2.05, 4.69) is 20.4 Å². The molecule has 0 aromatic rings. The van der Waals surface area contributed by atoms with Gasteiger partial charge < -0.3 is 29.6 Å². The highest BCUT2D eigenvalue weighted by atomic mass is 32.1. The molecule has 26 heavy (non-hydrogen) atoms. The van der Waals surface area contributed by atoms with E-state index in [0.29, 0.717) is 58.0 Å². The number of ether oxygens (including phenoxy) is 4. The summed E-state index contributed by atoms with van der Waals surface area (Å²) >= 11 is 5.37. The van der Waals surface area contributed by atoms with E-state index in [-0.39, 0.29) is 0 Å². The lowest BCUT2D eigenvalue weighted by Crippen LogP contribution is -2.44. The molecule has 0 aromatic carbocycles. The molecular formula is C17H34N4O4S. The molecule has 152 valence electrons. The molecule has 0 aliphatic carbocycles. The Balaban J connectivity index is 1.93. The summed E-state index contributed by atoms with van der Waals surface area (Å²) < 4.78 is 22.8. The first-order valence-corrected chi connectivity index (χ1v) is 10.0. The van der Waals surface area contributed by atoms with Crippen LogP contribution < -0.4 is 10.6 Å². The lowest BCUT2D eigenvalue weighted by atomic mass is 10.4. The van der Waals surface area contributed by atoms with Gasteiger partial charge in [-0.25, -0.2) is 0 Å². The highest BCUT2D eigenvalue weighted by Crippen LogP contribution is 1.94. The Hall–Kier alpha value is -0.550. The molecule has 2 aliphatic heterocycles. The van der Waals surface area contributed by atoms with Gasteiger partial charge in [0.2, 0.25) is 0 Å². The van der Waals surface area contributed by atoms with Gasteiger partial charge in [-0.05, 0) is 12.2 Å². The number of thiocarbonyl (C=S) groups is 1. The van der Waals surface area contributed by atoms with Crippen LogP contribution >= 0.6 is 12.2 Å². The van der Waals surface area contributed by atoms with Gasteiger partial charge in [-0.3, -0.25) is 9.80 Å². The molecule has 0 radical (unpaired) electrons. The standard InChI is InChI=1S/C17H34N4O4S/c26-17-18-1-3-20-5-9-22-13-15-24-11-7-21(4-2-19-17)8-12-25-16-14-23-10-6-20/h1-16H2,(H2,18,19,26). The monoisotopic (exact) mass is 390 g/mol. The Labute approximate surface area is 162 Å². The smallest absolute Gasteiger partial charge is 0.166 e. The largest absolute Gasteiger partial charge is 0.378 e. The second-order valence-electron chi connectivity index (χ2n) is 6.32. The third-order valence-electron chi connectivity index (χ3n) is 4.38. The number of nitrogens with zero attached hydrogens (tertiary/aromatic N) is 2. The summed E-state index contributed by atoms with van der Waals surface area (Å²) in [4.78, 5) is 4.66. The van der Waals surface area contributed by atoms with Crippen molar-refractivity contribution in [1.82, 2.24) is 20.4 Å². The third-order valence-corrected chi connectivity index (χ3v) is 4.67. The lowest BCUT2D eigenvalue weighted by molar-refractivity contribution is 0.00874. The average Bonchev–Trinajstić information content (AvgIpc) is 2.63. The van der Waals surface area contributed by atoms with Gasteiger partial charge in [-0.1, -0.05) is 0 Å². The van der Waals surface area contributed by atoms with E-state index >= 15 is 0 Å². The second-order valence-corrected chi connectivity index (χ2v) is 6.72. The van der Waals surface area contributed by atoms with Gasteiger partial charge in [0.15, 0.2) is 5.11 Å². The summed E-state index contributed by atoms with van der Waals surface area (Å²) in [5, 5.41) is 7.28. The van der Waals surface area contributed by atoms with E-state index in [9.17, 15) is 0 Å². The first kappa shape index (κ1) is 21.7. The maximum Gasteiger partial charge on any atom is 0.166 e. The molecule has 0 aromatic heterocycles. The first-order chi connectivity index (χ1) is 12.8. The topological polar surface area (TPSA) is 67.5 Å². The summed E-state index contributed by atoms with van der Waals surface area (Å²) in [7, 11) is 0. The molecule has 2 rings (SSSR count). The molecule has 0 atom stereocenters. The van der Waals surface area contributed by atoms with Gasteiger partial charge in [0.1, 0.15) is 0 Å². The van der Waals surface area contributed by atoms with Crippen LogP contribution in [0.25, 0.3) is 0 Å². The van der Waals surface area contributed by atoms with Crippen molar-refractivity contribution in [1.29, 1.82) is 0 Å². The van der Waals surface area contributed by atoms with Crippen molar-refractivity contribution in [2.75, 3.05) is 105 Å². The van der Waals surface area contributed by atoms with Crippen LogP contribution in [0.15, 0.2) is 0 Å². The Kier molecular flexibility index (Phi) is 12.1. The van der Waals surface area contributed by atoms with Crippen molar-refractivity contribution in [3.8, 4) is 0 Å². The van der Waals surface area contributed by atoms with Crippen LogP contribution in [0.4, 0.5) is 0 Å². The van der Waals surface area contributed by atoms with Gasteiger partial charge in [0.25, 0.3) is 0 Å². The zero-order valence-electron chi connectivity index (χ0n) is 15.7. The van der Waals surface area contributed by atoms with Crippen molar-refractivity contribution in [3.63, 3.8) is 0 Å². The minimum absolute atomic E-state index is 0.636. The quantitative estimate of drug-likeness (QED) is 0.515. The first-order valence-electron chi connectivity index (χ1n) is 9.62. The van der Waals surface area contributed by atoms with Gasteiger partial charge in [0.05, 0.1) is 52.9 Å². The predicted molar refractivity (Wildman–Crippen MR) is 105 cm³/mol. The number of hydrogen-bond acceptors (Lipinski definition) is 7. The zero-order chi connectivity index (χ0) is 18.3. The zero-order valence-corrected chi connectivity index (χ0v) is 16.6. The molecule has 2 bridgehead atoms. The molecule has 2 aliphatic rings. The third kappa shape index (κ3) is 10.6. The van der Waals surface area contributed by atoms with Gasteiger partial charge in [0, 0.05) is 52.4 Å². The van der Waals surface area contributed by atoms with Crippen LogP contribution in [0.2, 0.25) is 0 Å². The van der Waals surface area contributed by atoms with Gasteiger partial charge in [-0.15, -0.1) is 0 Å². The van der Waals surface area contributed by atoms with Crippen molar-refractivity contribution in [2.24, 2.45) is 0 Å². The Bertz CT molecular complexity index is 327. The van der Waals surface area contributed by atoms with E-state index < -0.39 is 0 Å². The summed E-state index contributed by atoms with van der Waals surface area (Å²) in [6.45, 7) is 12.2. The molecule has 2 heterocycles. The van der Waals surface area contributed by atoms with Crippen molar-refractivity contribution in [3.05, 3.63) is 0 Å². The van der Waals surface area contributed by atoms with E-state index in [1.54, 1.807) is 0 Å². The lowest BCUT2D eigenvalue weighted by Gasteiger charge is -2.23. The predicted octanol–water partition coefficient (Wildman–Crippen LogP) is -0.852. The summed E-state index contributed by atoms with van der Waals surface area (Å²) in [5.74, 6) is 0. The molecule has 0 amide bonds. The second kappa shape index (κ2) is 14.5. The van der Waals surface area contributed by atoms with Crippen LogP contribution in [0.1, 0.15) is 0 Å². The minimum Gasteiger partial charge on any atom is -0.378 e. The Morgan fingerprint density at radius 3 is 1.23 bits per heavy atom. The van der Waals surface area contributed by atoms with Crippen LogP contribution in [0.5, 0.6) is 0 Å². The molecule has 2 fully saturated rings. The van der Waals surface area contributed by atoms with Crippen molar-refractivity contribution in [2.45, 2.75) is 0 Å². The maximum atomic E-state index is 5.70. The van der Waals surface area contributed by atoms with Crippen LogP contribution in [-0.2, 0) is 18.9 Å². The summed E-state index contributed by atoms with van der Waals surface area (Å²) in [6, 6.07) is 0. The van der Waals surface area contributed by atoms with Crippen molar-refractivity contribution < 1.29 is 18.9 Å². The summed E-state index contributed by atoms with van der Waals surface area (Å²) in [5.41, 5.74) is 0. The Morgan fingerprint density at radius 2 is 0.885 bits per heavy atom. The van der Waals surface area contributed by atoms with Crippen molar-refractivity contribution >= 4 is 17.3 Å². The number of hydrogen-bond donors (Lipinski definition) is 2. The van der Waals surface area contributed by atoms with Gasteiger partial charge in [-0.2, -0.15) is 0 Å². The van der Waals surface area contributed by atoms with Crippen LogP contribution in [0.3, 0.4) is 0 Å². The molecule has 8 nitrogen and oxygen atoms in total. The van der Waals surface area contributed by atoms with Crippen LogP contribution in [-0.4, -0.2) is 120 Å². The number of nitrogens with one attached hydrogen (secondary N) is 2. The fraction of sp³-hybridized carbons (Fsp3) is 0.941. The highest BCUT2D eigenvalue weighted by Gasteiger charge is 2.09. The molecule has 0 saturated carbocycles. The molecule has 9 heteroatoms. The average molecular weight is 391 g/mol. The van der Waals surface area contributed by atoms with E-state index in [1.807, 2.05) is 0 Å². The number of rotatable bonds is 0. The summed E-state index contributed by atoms with van der Waals surface area (Å²) in [6.07, 6.45) is 0. The molecule has 2 N–H and O–H groups in total. The minimum atomic E-state index is 0.636. The maximum absolute atomic E-state index is 5.70. The normalized spacial score (nSPS) is 29.5. The molecular weight excluding hydrogens is 356 g/mol. The molecule has 0 spiro atoms. The fourth-order valence-corrected chi connectivity index (χ4v) is 3.01. The van der Waals surface area contributed by atoms with Gasteiger partial charge >= 0.3 is 0 Å². The SMILES string of the molecule is S=C1NCCN2CCOCCOCCN(CCN1)CCOCCOCC2. The Morgan fingerprint density at radius 1 is 0.538 bits per heavy atom. The molecule has 2 saturated heterocycles. The number of fused-ring (bicyclic) bond motifs is 8. The fourth-order valence-electron chi connectivity index (χ4n) is 2.81.